The van der Waals surface area contributed by atoms with Gasteiger partial charge in [-0.2, -0.15) is 4.98 Å². The Morgan fingerprint density at radius 1 is 1.18 bits per heavy atom. The molecule has 3 rings (SSSR count). The van der Waals surface area contributed by atoms with Gasteiger partial charge in [0.1, 0.15) is 0 Å². The van der Waals surface area contributed by atoms with E-state index >= 15 is 0 Å². The van der Waals surface area contributed by atoms with Crippen LogP contribution in [0.5, 0.6) is 11.5 Å². The van der Waals surface area contributed by atoms with Crippen LogP contribution in [0.3, 0.4) is 0 Å². The van der Waals surface area contributed by atoms with Gasteiger partial charge in [-0.05, 0) is 31.0 Å². The van der Waals surface area contributed by atoms with E-state index < -0.39 is 0 Å². The Balaban J connectivity index is 1.92. The molecule has 0 atom stereocenters. The fourth-order valence-corrected chi connectivity index (χ4v) is 1.84. The molecule has 1 saturated carbocycles. The maximum atomic E-state index is 9.39. The summed E-state index contributed by atoms with van der Waals surface area (Å²) in [5.41, 5.74) is 0.610. The Morgan fingerprint density at radius 2 is 2.00 bits per heavy atom. The zero-order valence-electron chi connectivity index (χ0n) is 9.13. The molecular formula is C12H12N2O3. The molecule has 0 amide bonds. The summed E-state index contributed by atoms with van der Waals surface area (Å²) in [7, 11) is 0. The van der Waals surface area contributed by atoms with E-state index in [4.69, 9.17) is 4.52 Å². The summed E-state index contributed by atoms with van der Waals surface area (Å²) < 4.78 is 5.15. The second-order valence-electron chi connectivity index (χ2n) is 4.29. The number of nitrogens with zero attached hydrogens (tertiary/aromatic N) is 2. The maximum absolute atomic E-state index is 9.39. The molecule has 1 aliphatic carbocycles. The standard InChI is InChI=1S/C12H12N2O3/c15-9-5-4-8(6-10(9)16)12-13-11(14-17-12)7-2-1-3-7/h4-7,15-16H,1-3H2. The number of phenolic OH excluding ortho intramolecular Hbond substituents is 2. The van der Waals surface area contributed by atoms with E-state index in [1.165, 1.54) is 18.6 Å². The summed E-state index contributed by atoms with van der Waals surface area (Å²) in [5, 5.41) is 22.5. The van der Waals surface area contributed by atoms with Gasteiger partial charge in [-0.3, -0.25) is 0 Å². The molecule has 0 saturated heterocycles. The zero-order chi connectivity index (χ0) is 11.8. The van der Waals surface area contributed by atoms with Crippen LogP contribution in [0.15, 0.2) is 22.7 Å². The molecule has 0 bridgehead atoms. The second kappa shape index (κ2) is 3.76. The zero-order valence-corrected chi connectivity index (χ0v) is 9.13. The van der Waals surface area contributed by atoms with E-state index in [-0.39, 0.29) is 11.5 Å². The minimum absolute atomic E-state index is 0.160. The Kier molecular flexibility index (Phi) is 2.24. The van der Waals surface area contributed by atoms with Crippen molar-refractivity contribution in [1.82, 2.24) is 10.1 Å². The Hall–Kier alpha value is -2.04. The normalized spacial score (nSPS) is 15.8. The van der Waals surface area contributed by atoms with E-state index in [1.807, 2.05) is 0 Å². The minimum Gasteiger partial charge on any atom is -0.504 e. The lowest BCUT2D eigenvalue weighted by Gasteiger charge is -2.20. The third-order valence-electron chi connectivity index (χ3n) is 3.13. The minimum atomic E-state index is -0.189. The quantitative estimate of drug-likeness (QED) is 0.777. The Bertz CT molecular complexity index is 546. The first-order chi connectivity index (χ1) is 8.24. The monoisotopic (exact) mass is 232 g/mol. The number of phenols is 2. The van der Waals surface area contributed by atoms with Crippen LogP contribution in [0.4, 0.5) is 0 Å². The van der Waals surface area contributed by atoms with Gasteiger partial charge in [0.25, 0.3) is 5.89 Å². The van der Waals surface area contributed by atoms with Gasteiger partial charge in [-0.1, -0.05) is 11.6 Å². The SMILES string of the molecule is Oc1ccc(-c2nc(C3CCC3)no2)cc1O. The van der Waals surface area contributed by atoms with Gasteiger partial charge in [-0.25, -0.2) is 0 Å². The summed E-state index contributed by atoms with van der Waals surface area (Å²) in [6.45, 7) is 0. The lowest BCUT2D eigenvalue weighted by atomic mass is 9.85. The summed E-state index contributed by atoms with van der Waals surface area (Å²) in [5.74, 6) is 1.18. The lowest BCUT2D eigenvalue weighted by molar-refractivity contribution is 0.366. The van der Waals surface area contributed by atoms with Crippen LogP contribution in [0.1, 0.15) is 31.0 Å². The highest BCUT2D eigenvalue weighted by Gasteiger charge is 2.25. The Labute approximate surface area is 97.7 Å². The topological polar surface area (TPSA) is 79.4 Å². The molecule has 0 radical (unpaired) electrons. The van der Waals surface area contributed by atoms with Crippen molar-refractivity contribution in [3.63, 3.8) is 0 Å². The van der Waals surface area contributed by atoms with Crippen molar-refractivity contribution in [1.29, 1.82) is 0 Å². The second-order valence-corrected chi connectivity index (χ2v) is 4.29. The molecule has 5 nitrogen and oxygen atoms in total. The van der Waals surface area contributed by atoms with E-state index in [0.717, 1.165) is 18.7 Å². The molecule has 1 aromatic carbocycles. The van der Waals surface area contributed by atoms with Crippen molar-refractivity contribution in [2.45, 2.75) is 25.2 Å². The molecule has 17 heavy (non-hydrogen) atoms. The first kappa shape index (κ1) is 10.1. The van der Waals surface area contributed by atoms with Gasteiger partial charge in [0.15, 0.2) is 17.3 Å². The molecule has 5 heteroatoms. The van der Waals surface area contributed by atoms with Gasteiger partial charge in [0, 0.05) is 11.5 Å². The van der Waals surface area contributed by atoms with E-state index in [0.29, 0.717) is 17.4 Å². The van der Waals surface area contributed by atoms with Crippen molar-refractivity contribution >= 4 is 0 Å². The highest BCUT2D eigenvalue weighted by atomic mass is 16.5. The van der Waals surface area contributed by atoms with Gasteiger partial charge >= 0.3 is 0 Å². The predicted octanol–water partition coefficient (Wildman–Crippen LogP) is 2.42. The molecule has 2 N–H and O–H groups in total. The molecule has 1 aromatic heterocycles. The molecule has 0 unspecified atom stereocenters. The third kappa shape index (κ3) is 1.73. The van der Waals surface area contributed by atoms with Crippen LogP contribution in [0, 0.1) is 0 Å². The van der Waals surface area contributed by atoms with Gasteiger partial charge in [0.05, 0.1) is 0 Å². The number of rotatable bonds is 2. The fourth-order valence-electron chi connectivity index (χ4n) is 1.84. The predicted molar refractivity (Wildman–Crippen MR) is 59.7 cm³/mol. The van der Waals surface area contributed by atoms with Crippen molar-refractivity contribution in [2.24, 2.45) is 0 Å². The molecule has 2 aromatic rings. The average Bonchev–Trinajstić information content (AvgIpc) is 2.69. The van der Waals surface area contributed by atoms with Crippen LogP contribution in [-0.2, 0) is 0 Å². The largest absolute Gasteiger partial charge is 0.504 e. The molecule has 1 aliphatic rings. The first-order valence-electron chi connectivity index (χ1n) is 5.60. The number of benzene rings is 1. The third-order valence-corrected chi connectivity index (χ3v) is 3.13. The summed E-state index contributed by atoms with van der Waals surface area (Å²) in [4.78, 5) is 4.30. The highest BCUT2D eigenvalue weighted by molar-refractivity contribution is 5.58. The lowest BCUT2D eigenvalue weighted by Crippen LogP contribution is -2.10. The molecule has 1 heterocycles. The number of hydrogen-bond acceptors (Lipinski definition) is 5. The average molecular weight is 232 g/mol. The first-order valence-corrected chi connectivity index (χ1v) is 5.60. The molecule has 0 spiro atoms. The van der Waals surface area contributed by atoms with Crippen LogP contribution in [0.2, 0.25) is 0 Å². The Morgan fingerprint density at radius 3 is 2.65 bits per heavy atom. The number of aromatic nitrogens is 2. The van der Waals surface area contributed by atoms with Gasteiger partial charge in [-0.15, -0.1) is 0 Å². The van der Waals surface area contributed by atoms with Crippen LogP contribution in [0.25, 0.3) is 11.5 Å². The van der Waals surface area contributed by atoms with Crippen molar-refractivity contribution < 1.29 is 14.7 Å². The number of aromatic hydroxyl groups is 2. The highest BCUT2D eigenvalue weighted by Crippen LogP contribution is 2.36. The molecule has 0 aliphatic heterocycles. The fraction of sp³-hybridized carbons (Fsp3) is 0.333. The van der Waals surface area contributed by atoms with Crippen LogP contribution >= 0.6 is 0 Å². The maximum Gasteiger partial charge on any atom is 0.258 e. The number of hydrogen-bond donors (Lipinski definition) is 2. The summed E-state index contributed by atoms with van der Waals surface area (Å²) in [6.07, 6.45) is 3.44. The summed E-state index contributed by atoms with van der Waals surface area (Å²) >= 11 is 0. The van der Waals surface area contributed by atoms with Crippen molar-refractivity contribution in [3.05, 3.63) is 24.0 Å². The summed E-state index contributed by atoms with van der Waals surface area (Å²) in [6, 6.07) is 4.44. The molecule has 88 valence electrons. The van der Waals surface area contributed by atoms with E-state index in [2.05, 4.69) is 10.1 Å². The van der Waals surface area contributed by atoms with Gasteiger partial charge in [0.2, 0.25) is 0 Å². The molecule has 1 fully saturated rings. The van der Waals surface area contributed by atoms with Crippen molar-refractivity contribution in [3.8, 4) is 23.0 Å². The van der Waals surface area contributed by atoms with Crippen LogP contribution < -0.4 is 0 Å². The smallest absolute Gasteiger partial charge is 0.258 e. The molecular weight excluding hydrogens is 220 g/mol. The van der Waals surface area contributed by atoms with E-state index in [9.17, 15) is 10.2 Å². The van der Waals surface area contributed by atoms with Crippen LogP contribution in [-0.4, -0.2) is 20.4 Å². The van der Waals surface area contributed by atoms with Crippen molar-refractivity contribution in [2.75, 3.05) is 0 Å². The van der Waals surface area contributed by atoms with Gasteiger partial charge < -0.3 is 14.7 Å². The van der Waals surface area contributed by atoms with E-state index in [1.54, 1.807) is 6.07 Å².